The number of aromatic nitrogens is 1. The maximum atomic E-state index is 13.5. The zero-order chi connectivity index (χ0) is 12.4. The molecule has 17 heavy (non-hydrogen) atoms. The number of anilines is 1. The molecule has 1 aromatic heterocycles. The molecule has 0 aliphatic heterocycles. The zero-order valence-electron chi connectivity index (χ0n) is 10.5. The standard InChI is InChI=1S/C14H17FN2/c1-4-5-10-8-13(16-3)11-6-7-12(15)9(2)14(11)17-10/h6-8H,4-5H2,1-3H3,(H,16,17). The lowest BCUT2D eigenvalue weighted by Gasteiger charge is -2.11. The minimum absolute atomic E-state index is 0.194. The Bertz CT molecular complexity index is 549. The molecule has 0 aliphatic rings. The summed E-state index contributed by atoms with van der Waals surface area (Å²) in [7, 11) is 1.88. The van der Waals surface area contributed by atoms with Crippen LogP contribution in [0.25, 0.3) is 10.9 Å². The summed E-state index contributed by atoms with van der Waals surface area (Å²) in [4.78, 5) is 4.55. The Morgan fingerprint density at radius 3 is 2.76 bits per heavy atom. The Kier molecular flexibility index (Phi) is 3.27. The van der Waals surface area contributed by atoms with Crippen LogP contribution < -0.4 is 5.32 Å². The number of hydrogen-bond acceptors (Lipinski definition) is 2. The van der Waals surface area contributed by atoms with E-state index in [9.17, 15) is 4.39 Å². The SMILES string of the molecule is CCCc1cc(NC)c2ccc(F)c(C)c2n1. The molecule has 0 saturated heterocycles. The number of aryl methyl sites for hydroxylation is 2. The third-order valence-electron chi connectivity index (χ3n) is 3.00. The van der Waals surface area contributed by atoms with Gasteiger partial charge in [-0.15, -0.1) is 0 Å². The maximum Gasteiger partial charge on any atom is 0.128 e. The van der Waals surface area contributed by atoms with Crippen LogP contribution in [0.1, 0.15) is 24.6 Å². The van der Waals surface area contributed by atoms with Crippen molar-refractivity contribution in [3.05, 3.63) is 35.3 Å². The second kappa shape index (κ2) is 4.70. The molecule has 2 rings (SSSR count). The average Bonchev–Trinajstić information content (AvgIpc) is 2.34. The minimum atomic E-state index is -0.194. The summed E-state index contributed by atoms with van der Waals surface area (Å²) in [5.41, 5.74) is 3.41. The number of benzene rings is 1. The summed E-state index contributed by atoms with van der Waals surface area (Å²) >= 11 is 0. The molecule has 1 N–H and O–H groups in total. The van der Waals surface area contributed by atoms with Gasteiger partial charge >= 0.3 is 0 Å². The topological polar surface area (TPSA) is 24.9 Å². The van der Waals surface area contributed by atoms with Crippen molar-refractivity contribution >= 4 is 16.6 Å². The van der Waals surface area contributed by atoms with E-state index in [1.54, 1.807) is 13.0 Å². The van der Waals surface area contributed by atoms with Crippen molar-refractivity contribution in [1.82, 2.24) is 4.98 Å². The fourth-order valence-electron chi connectivity index (χ4n) is 2.05. The van der Waals surface area contributed by atoms with Crippen molar-refractivity contribution < 1.29 is 4.39 Å². The third-order valence-corrected chi connectivity index (χ3v) is 3.00. The van der Waals surface area contributed by atoms with Crippen molar-refractivity contribution in [2.24, 2.45) is 0 Å². The highest BCUT2D eigenvalue weighted by Crippen LogP contribution is 2.27. The van der Waals surface area contributed by atoms with Crippen LogP contribution in [-0.4, -0.2) is 12.0 Å². The van der Waals surface area contributed by atoms with Crippen molar-refractivity contribution in [1.29, 1.82) is 0 Å². The molecule has 3 heteroatoms. The molecule has 0 bridgehead atoms. The molecule has 0 fully saturated rings. The van der Waals surface area contributed by atoms with E-state index < -0.39 is 0 Å². The first-order chi connectivity index (χ1) is 8.17. The molecule has 90 valence electrons. The smallest absolute Gasteiger partial charge is 0.128 e. The van der Waals surface area contributed by atoms with Gasteiger partial charge in [-0.2, -0.15) is 0 Å². The van der Waals surface area contributed by atoms with Gasteiger partial charge in [-0.1, -0.05) is 13.3 Å². The lowest BCUT2D eigenvalue weighted by molar-refractivity contribution is 0.620. The van der Waals surface area contributed by atoms with E-state index in [1.165, 1.54) is 6.07 Å². The molecule has 0 atom stereocenters. The first-order valence-electron chi connectivity index (χ1n) is 5.93. The third kappa shape index (κ3) is 2.09. The second-order valence-electron chi connectivity index (χ2n) is 4.23. The quantitative estimate of drug-likeness (QED) is 0.873. The summed E-state index contributed by atoms with van der Waals surface area (Å²) in [6.45, 7) is 3.89. The van der Waals surface area contributed by atoms with Crippen LogP contribution in [0.2, 0.25) is 0 Å². The highest BCUT2D eigenvalue weighted by atomic mass is 19.1. The number of rotatable bonds is 3. The van der Waals surface area contributed by atoms with E-state index in [-0.39, 0.29) is 5.82 Å². The number of pyridine rings is 1. The van der Waals surface area contributed by atoms with Gasteiger partial charge in [-0.3, -0.25) is 4.98 Å². The minimum Gasteiger partial charge on any atom is -0.388 e. The Balaban J connectivity index is 2.73. The predicted octanol–water partition coefficient (Wildman–Crippen LogP) is 3.68. The Morgan fingerprint density at radius 2 is 2.12 bits per heavy atom. The van der Waals surface area contributed by atoms with Crippen LogP contribution in [0, 0.1) is 12.7 Å². The first kappa shape index (κ1) is 11.8. The highest BCUT2D eigenvalue weighted by Gasteiger charge is 2.09. The lowest BCUT2D eigenvalue weighted by atomic mass is 10.1. The number of halogens is 1. The average molecular weight is 232 g/mol. The van der Waals surface area contributed by atoms with Crippen molar-refractivity contribution in [3.8, 4) is 0 Å². The van der Waals surface area contributed by atoms with Crippen LogP contribution in [-0.2, 0) is 6.42 Å². The van der Waals surface area contributed by atoms with Crippen molar-refractivity contribution in [2.75, 3.05) is 12.4 Å². The van der Waals surface area contributed by atoms with Crippen LogP contribution in [0.5, 0.6) is 0 Å². The number of nitrogens with zero attached hydrogens (tertiary/aromatic N) is 1. The van der Waals surface area contributed by atoms with Crippen LogP contribution in [0.15, 0.2) is 18.2 Å². The van der Waals surface area contributed by atoms with E-state index in [1.807, 2.05) is 13.1 Å². The summed E-state index contributed by atoms with van der Waals surface area (Å²) in [6, 6.07) is 5.33. The molecule has 0 radical (unpaired) electrons. The molecule has 0 spiro atoms. The van der Waals surface area contributed by atoms with Crippen LogP contribution in [0.3, 0.4) is 0 Å². The molecule has 2 nitrogen and oxygen atoms in total. The fourth-order valence-corrected chi connectivity index (χ4v) is 2.05. The first-order valence-corrected chi connectivity index (χ1v) is 5.93. The van der Waals surface area contributed by atoms with Gasteiger partial charge in [0.25, 0.3) is 0 Å². The summed E-state index contributed by atoms with van der Waals surface area (Å²) in [5, 5.41) is 4.13. The molecule has 0 unspecified atom stereocenters. The number of nitrogens with one attached hydrogen (secondary N) is 1. The normalized spacial score (nSPS) is 10.8. The molecule has 0 saturated carbocycles. The van der Waals surface area contributed by atoms with Gasteiger partial charge < -0.3 is 5.32 Å². The predicted molar refractivity (Wildman–Crippen MR) is 70.0 cm³/mol. The van der Waals surface area contributed by atoms with Gasteiger partial charge in [0, 0.05) is 29.4 Å². The van der Waals surface area contributed by atoms with Gasteiger partial charge in [0.2, 0.25) is 0 Å². The Labute approximate surface area is 101 Å². The Hall–Kier alpha value is -1.64. The molecular weight excluding hydrogens is 215 g/mol. The van der Waals surface area contributed by atoms with Gasteiger partial charge in [0.15, 0.2) is 0 Å². The molecular formula is C14H17FN2. The van der Waals surface area contributed by atoms with E-state index in [0.29, 0.717) is 5.56 Å². The largest absolute Gasteiger partial charge is 0.388 e. The lowest BCUT2D eigenvalue weighted by Crippen LogP contribution is -1.98. The van der Waals surface area contributed by atoms with Crippen molar-refractivity contribution in [3.63, 3.8) is 0 Å². The van der Waals surface area contributed by atoms with Crippen LogP contribution in [0.4, 0.5) is 10.1 Å². The highest BCUT2D eigenvalue weighted by molar-refractivity contribution is 5.93. The van der Waals surface area contributed by atoms with E-state index in [2.05, 4.69) is 17.2 Å². The molecule has 0 amide bonds. The summed E-state index contributed by atoms with van der Waals surface area (Å²) in [5.74, 6) is -0.194. The van der Waals surface area contributed by atoms with Gasteiger partial charge in [0.05, 0.1) is 5.52 Å². The molecule has 2 aromatic rings. The fraction of sp³-hybridized carbons (Fsp3) is 0.357. The Morgan fingerprint density at radius 1 is 1.35 bits per heavy atom. The van der Waals surface area contributed by atoms with Gasteiger partial charge in [-0.25, -0.2) is 4.39 Å². The van der Waals surface area contributed by atoms with E-state index >= 15 is 0 Å². The maximum absolute atomic E-state index is 13.5. The summed E-state index contributed by atoms with van der Waals surface area (Å²) < 4.78 is 13.5. The second-order valence-corrected chi connectivity index (χ2v) is 4.23. The molecule has 1 aromatic carbocycles. The van der Waals surface area contributed by atoms with E-state index in [0.717, 1.165) is 35.1 Å². The molecule has 0 aliphatic carbocycles. The molecule has 1 heterocycles. The zero-order valence-corrected chi connectivity index (χ0v) is 10.5. The van der Waals surface area contributed by atoms with Gasteiger partial charge in [-0.05, 0) is 31.5 Å². The van der Waals surface area contributed by atoms with Crippen molar-refractivity contribution in [2.45, 2.75) is 26.7 Å². The van der Waals surface area contributed by atoms with Gasteiger partial charge in [0.1, 0.15) is 5.82 Å². The number of fused-ring (bicyclic) bond motifs is 1. The van der Waals surface area contributed by atoms with Crippen LogP contribution >= 0.6 is 0 Å². The number of hydrogen-bond donors (Lipinski definition) is 1. The monoisotopic (exact) mass is 232 g/mol. The van der Waals surface area contributed by atoms with E-state index in [4.69, 9.17) is 0 Å². The summed E-state index contributed by atoms with van der Waals surface area (Å²) in [6.07, 6.45) is 1.95.